The van der Waals surface area contributed by atoms with Crippen molar-refractivity contribution in [3.05, 3.63) is 12.2 Å². The summed E-state index contributed by atoms with van der Waals surface area (Å²) in [5.74, 6) is -0.249. The molecule has 0 aromatic rings. The van der Waals surface area contributed by atoms with E-state index in [0.29, 0.717) is 12.8 Å². The molecule has 3 heterocycles. The number of allylic oxidation sites excluding steroid dienone is 2. The Morgan fingerprint density at radius 1 is 0.438 bits per heavy atom. The SMILES string of the molecule is CCCCCCCCC/C=C\CCCCCCCC(=O)NC(COC1OC(CO)C(OC2OC(CO)C(OC3OC(CO)C(O)C(O)C3O)C(O)C2O)C(O)C1O)C(O)CCCCCCCCCCCCCCCCCCCCC. The third kappa shape index (κ3) is 28.2. The molecule has 3 saturated heterocycles. The molecule has 19 nitrogen and oxygen atoms in total. The first-order chi connectivity index (χ1) is 38.8. The predicted molar refractivity (Wildman–Crippen MR) is 305 cm³/mol. The van der Waals surface area contributed by atoms with E-state index in [4.69, 9.17) is 28.4 Å². The van der Waals surface area contributed by atoms with E-state index in [1.165, 1.54) is 141 Å². The highest BCUT2D eigenvalue weighted by atomic mass is 16.8. The number of ether oxygens (including phenoxy) is 6. The van der Waals surface area contributed by atoms with Crippen molar-refractivity contribution in [1.29, 1.82) is 0 Å². The fraction of sp³-hybridized carbons (Fsp3) is 0.951. The maximum absolute atomic E-state index is 13.4. The molecule has 1 amide bonds. The van der Waals surface area contributed by atoms with Crippen LogP contribution in [0.15, 0.2) is 12.2 Å². The van der Waals surface area contributed by atoms with Gasteiger partial charge < -0.3 is 89.9 Å². The zero-order chi connectivity index (χ0) is 58.3. The first-order valence-corrected chi connectivity index (χ1v) is 31.9. The van der Waals surface area contributed by atoms with Crippen LogP contribution in [-0.2, 0) is 33.2 Å². The van der Waals surface area contributed by atoms with Crippen LogP contribution in [-0.4, -0.2) is 193 Å². The number of amides is 1. The Bertz CT molecular complexity index is 1510. The van der Waals surface area contributed by atoms with Gasteiger partial charge in [-0.15, -0.1) is 0 Å². The summed E-state index contributed by atoms with van der Waals surface area (Å²) in [6.07, 6.45) is 18.6. The molecule has 0 radical (unpaired) electrons. The minimum absolute atomic E-state index is 0.249. The van der Waals surface area contributed by atoms with Crippen LogP contribution in [0.5, 0.6) is 0 Å². The molecule has 3 aliphatic rings. The highest BCUT2D eigenvalue weighted by molar-refractivity contribution is 5.76. The highest BCUT2D eigenvalue weighted by Crippen LogP contribution is 2.33. The Balaban J connectivity index is 1.48. The van der Waals surface area contributed by atoms with Gasteiger partial charge in [0.1, 0.15) is 73.2 Å². The molecule has 3 rings (SSSR count). The zero-order valence-electron chi connectivity index (χ0n) is 49.3. The van der Waals surface area contributed by atoms with Gasteiger partial charge >= 0.3 is 0 Å². The number of nitrogens with one attached hydrogen (secondary N) is 1. The van der Waals surface area contributed by atoms with E-state index in [1.54, 1.807) is 0 Å². The Labute approximate surface area is 480 Å². The summed E-state index contributed by atoms with van der Waals surface area (Å²) in [7, 11) is 0. The molecule has 0 bridgehead atoms. The highest BCUT2D eigenvalue weighted by Gasteiger charge is 2.53. The number of unbranched alkanes of at least 4 members (excludes halogenated alkanes) is 30. The quantitative estimate of drug-likeness (QED) is 0.0227. The zero-order valence-corrected chi connectivity index (χ0v) is 49.3. The number of aliphatic hydroxyl groups excluding tert-OH is 11. The number of hydrogen-bond acceptors (Lipinski definition) is 18. The largest absolute Gasteiger partial charge is 0.394 e. The summed E-state index contributed by atoms with van der Waals surface area (Å²) in [6, 6.07) is -0.888. The summed E-state index contributed by atoms with van der Waals surface area (Å²) in [6.45, 7) is 1.80. The van der Waals surface area contributed by atoms with Gasteiger partial charge in [-0.05, 0) is 38.5 Å². The first-order valence-electron chi connectivity index (χ1n) is 31.9. The van der Waals surface area contributed by atoms with Gasteiger partial charge in [-0.2, -0.15) is 0 Å². The van der Waals surface area contributed by atoms with Gasteiger partial charge in [-0.25, -0.2) is 0 Å². The third-order valence-electron chi connectivity index (χ3n) is 16.3. The first kappa shape index (κ1) is 72.8. The van der Waals surface area contributed by atoms with Crippen LogP contribution in [0, 0.1) is 0 Å². The van der Waals surface area contributed by atoms with Gasteiger partial charge in [0.15, 0.2) is 18.9 Å². The molecular weight excluding hydrogens is 1030 g/mol. The molecule has 0 aromatic carbocycles. The molecule has 80 heavy (non-hydrogen) atoms. The summed E-state index contributed by atoms with van der Waals surface area (Å²) in [4.78, 5) is 13.4. The second kappa shape index (κ2) is 44.9. The second-order valence-electron chi connectivity index (χ2n) is 23.2. The fourth-order valence-electron chi connectivity index (χ4n) is 11.1. The molecule has 3 aliphatic heterocycles. The summed E-state index contributed by atoms with van der Waals surface area (Å²) >= 11 is 0. The maximum Gasteiger partial charge on any atom is 0.220 e. The standard InChI is InChI=1S/C61H115NO18/c1-3-5-7-9-11-13-15-17-19-21-22-23-24-26-28-30-32-34-36-38-45(66)44(62-49(67)39-37-35-33-31-29-27-25-20-18-16-14-12-10-8-6-4-2)43-75-59-55(73)52(70)57(47(41-64)77-59)80-61-56(74)53(71)58(48(42-65)78-61)79-60-54(72)51(69)50(68)46(40-63)76-60/h20,25,44-48,50-61,63-66,68-74H,3-19,21-24,26-43H2,1-2H3,(H,62,67)/b25-20-. The van der Waals surface area contributed by atoms with Crippen LogP contribution in [0.3, 0.4) is 0 Å². The molecule has 0 spiro atoms. The Morgan fingerprint density at radius 3 is 1.21 bits per heavy atom. The van der Waals surface area contributed by atoms with Crippen molar-refractivity contribution in [3.8, 4) is 0 Å². The van der Waals surface area contributed by atoms with Crippen LogP contribution in [0.1, 0.15) is 239 Å². The molecule has 12 N–H and O–H groups in total. The van der Waals surface area contributed by atoms with E-state index < -0.39 is 124 Å². The molecule has 17 atom stereocenters. The molecule has 0 aliphatic carbocycles. The molecule has 0 saturated carbocycles. The number of rotatable bonds is 48. The van der Waals surface area contributed by atoms with Gasteiger partial charge in [-0.3, -0.25) is 4.79 Å². The third-order valence-corrected chi connectivity index (χ3v) is 16.3. The average Bonchev–Trinajstić information content (AvgIpc) is 3.50. The van der Waals surface area contributed by atoms with E-state index in [-0.39, 0.29) is 18.9 Å². The minimum atomic E-state index is -1.97. The molecule has 0 aromatic heterocycles. The van der Waals surface area contributed by atoms with E-state index >= 15 is 0 Å². The number of carbonyl (C=O) groups is 1. The Kier molecular flexibility index (Phi) is 40.9. The monoisotopic (exact) mass is 1150 g/mol. The van der Waals surface area contributed by atoms with Crippen LogP contribution >= 0.6 is 0 Å². The number of carbonyl (C=O) groups excluding carboxylic acids is 1. The van der Waals surface area contributed by atoms with Gasteiger partial charge in [-0.1, -0.05) is 206 Å². The summed E-state index contributed by atoms with van der Waals surface area (Å²) in [5, 5.41) is 120. The van der Waals surface area contributed by atoms with E-state index in [9.17, 15) is 61.0 Å². The van der Waals surface area contributed by atoms with Gasteiger partial charge in [0.05, 0.1) is 38.6 Å². The molecule has 17 unspecified atom stereocenters. The molecule has 19 heteroatoms. The maximum atomic E-state index is 13.4. The lowest BCUT2D eigenvalue weighted by Crippen LogP contribution is -2.66. The van der Waals surface area contributed by atoms with Crippen molar-refractivity contribution in [3.63, 3.8) is 0 Å². The fourth-order valence-corrected chi connectivity index (χ4v) is 11.1. The molecular formula is C61H115NO18. The van der Waals surface area contributed by atoms with Crippen molar-refractivity contribution in [2.45, 2.75) is 343 Å². The lowest BCUT2D eigenvalue weighted by atomic mass is 9.96. The van der Waals surface area contributed by atoms with Gasteiger partial charge in [0.25, 0.3) is 0 Å². The van der Waals surface area contributed by atoms with Crippen LogP contribution in [0.2, 0.25) is 0 Å². The molecule has 472 valence electrons. The van der Waals surface area contributed by atoms with Crippen molar-refractivity contribution >= 4 is 5.91 Å². The predicted octanol–water partition coefficient (Wildman–Crippen LogP) is 6.55. The summed E-state index contributed by atoms with van der Waals surface area (Å²) in [5.41, 5.74) is 0. The Morgan fingerprint density at radius 2 is 0.787 bits per heavy atom. The van der Waals surface area contributed by atoms with Crippen LogP contribution < -0.4 is 5.32 Å². The van der Waals surface area contributed by atoms with Crippen molar-refractivity contribution in [1.82, 2.24) is 5.32 Å². The second-order valence-corrected chi connectivity index (χ2v) is 23.2. The lowest BCUT2D eigenvalue weighted by molar-refractivity contribution is -0.379. The number of hydrogen-bond donors (Lipinski definition) is 12. The van der Waals surface area contributed by atoms with Crippen LogP contribution in [0.4, 0.5) is 0 Å². The van der Waals surface area contributed by atoms with E-state index in [0.717, 1.165) is 64.2 Å². The average molecular weight is 1150 g/mol. The van der Waals surface area contributed by atoms with Gasteiger partial charge in [0.2, 0.25) is 5.91 Å². The lowest BCUT2D eigenvalue weighted by Gasteiger charge is -2.48. The van der Waals surface area contributed by atoms with E-state index in [1.807, 2.05) is 0 Å². The topological polar surface area (TPSA) is 307 Å². The molecule has 3 fully saturated rings. The Hall–Kier alpha value is -1.47. The van der Waals surface area contributed by atoms with Crippen molar-refractivity contribution in [2.24, 2.45) is 0 Å². The van der Waals surface area contributed by atoms with Crippen molar-refractivity contribution in [2.75, 3.05) is 26.4 Å². The smallest absolute Gasteiger partial charge is 0.220 e. The number of aliphatic hydroxyl groups is 11. The minimum Gasteiger partial charge on any atom is -0.394 e. The van der Waals surface area contributed by atoms with E-state index in [2.05, 4.69) is 31.3 Å². The van der Waals surface area contributed by atoms with Crippen LogP contribution in [0.25, 0.3) is 0 Å². The van der Waals surface area contributed by atoms with Crippen molar-refractivity contribution < 1.29 is 89.4 Å². The summed E-state index contributed by atoms with van der Waals surface area (Å²) < 4.78 is 34.3. The van der Waals surface area contributed by atoms with Gasteiger partial charge in [0, 0.05) is 6.42 Å². The normalized spacial score (nSPS) is 30.0.